The Labute approximate surface area is 107 Å². The SMILES string of the molecule is CC(Cc1cccs1)N(C)CC1CC(O)CN1. The summed E-state index contributed by atoms with van der Waals surface area (Å²) in [4.78, 5) is 3.83. The number of thiophene rings is 1. The third kappa shape index (κ3) is 3.78. The van der Waals surface area contributed by atoms with Crippen molar-refractivity contribution in [1.29, 1.82) is 0 Å². The largest absolute Gasteiger partial charge is 0.392 e. The molecule has 3 unspecified atom stereocenters. The molecular formula is C13H22N2OS. The Balaban J connectivity index is 1.77. The first kappa shape index (κ1) is 13.0. The van der Waals surface area contributed by atoms with E-state index in [1.54, 1.807) is 0 Å². The van der Waals surface area contributed by atoms with Crippen molar-refractivity contribution in [2.24, 2.45) is 0 Å². The standard InChI is InChI=1S/C13H22N2OS/c1-10(6-13-4-3-5-17-13)15(2)9-11-7-12(16)8-14-11/h3-5,10-12,14,16H,6-9H2,1-2H3. The summed E-state index contributed by atoms with van der Waals surface area (Å²) in [6.45, 7) is 4.03. The number of aliphatic hydroxyl groups is 1. The Kier molecular flexibility index (Phi) is 4.56. The molecule has 1 aromatic rings. The molecule has 1 saturated heterocycles. The van der Waals surface area contributed by atoms with Gasteiger partial charge in [-0.25, -0.2) is 0 Å². The third-order valence-corrected chi connectivity index (χ3v) is 4.43. The Bertz CT molecular complexity index is 328. The fourth-order valence-corrected chi connectivity index (χ4v) is 3.17. The van der Waals surface area contributed by atoms with E-state index in [9.17, 15) is 5.11 Å². The predicted octanol–water partition coefficient (Wildman–Crippen LogP) is 1.33. The zero-order chi connectivity index (χ0) is 12.3. The van der Waals surface area contributed by atoms with Gasteiger partial charge in [0.25, 0.3) is 0 Å². The first-order chi connectivity index (χ1) is 8.15. The quantitative estimate of drug-likeness (QED) is 0.832. The molecule has 2 heterocycles. The van der Waals surface area contributed by atoms with E-state index in [0.29, 0.717) is 12.1 Å². The lowest BCUT2D eigenvalue weighted by molar-refractivity contribution is 0.185. The fourth-order valence-electron chi connectivity index (χ4n) is 2.34. The lowest BCUT2D eigenvalue weighted by Gasteiger charge is -2.27. The minimum atomic E-state index is -0.152. The summed E-state index contributed by atoms with van der Waals surface area (Å²) in [5.74, 6) is 0. The maximum atomic E-state index is 9.48. The number of hydrogen-bond donors (Lipinski definition) is 2. The van der Waals surface area contributed by atoms with E-state index >= 15 is 0 Å². The Morgan fingerprint density at radius 2 is 2.47 bits per heavy atom. The molecule has 17 heavy (non-hydrogen) atoms. The molecule has 0 bridgehead atoms. The Hall–Kier alpha value is -0.420. The van der Waals surface area contributed by atoms with Crippen molar-refractivity contribution in [3.8, 4) is 0 Å². The molecular weight excluding hydrogens is 232 g/mol. The van der Waals surface area contributed by atoms with Gasteiger partial charge >= 0.3 is 0 Å². The summed E-state index contributed by atoms with van der Waals surface area (Å²) in [7, 11) is 2.17. The predicted molar refractivity (Wildman–Crippen MR) is 72.5 cm³/mol. The van der Waals surface area contributed by atoms with Gasteiger partial charge < -0.3 is 15.3 Å². The van der Waals surface area contributed by atoms with Crippen molar-refractivity contribution in [3.63, 3.8) is 0 Å². The molecule has 3 atom stereocenters. The molecule has 96 valence electrons. The summed E-state index contributed by atoms with van der Waals surface area (Å²) in [5.41, 5.74) is 0. The van der Waals surface area contributed by atoms with E-state index in [1.165, 1.54) is 4.88 Å². The summed E-state index contributed by atoms with van der Waals surface area (Å²) in [6, 6.07) is 5.31. The van der Waals surface area contributed by atoms with E-state index in [4.69, 9.17) is 0 Å². The highest BCUT2D eigenvalue weighted by Crippen LogP contribution is 2.15. The van der Waals surface area contributed by atoms with Crippen molar-refractivity contribution in [3.05, 3.63) is 22.4 Å². The van der Waals surface area contributed by atoms with Gasteiger partial charge in [0.1, 0.15) is 0 Å². The van der Waals surface area contributed by atoms with Gasteiger partial charge in [0.05, 0.1) is 6.10 Å². The highest BCUT2D eigenvalue weighted by Gasteiger charge is 2.24. The van der Waals surface area contributed by atoms with Crippen LogP contribution >= 0.6 is 11.3 Å². The molecule has 1 aromatic heterocycles. The number of rotatable bonds is 5. The summed E-state index contributed by atoms with van der Waals surface area (Å²) >= 11 is 1.83. The highest BCUT2D eigenvalue weighted by molar-refractivity contribution is 7.09. The number of aliphatic hydroxyl groups excluding tert-OH is 1. The zero-order valence-corrected chi connectivity index (χ0v) is 11.4. The van der Waals surface area contributed by atoms with Crippen molar-refractivity contribution in [2.45, 2.75) is 38.0 Å². The molecule has 0 saturated carbocycles. The summed E-state index contributed by atoms with van der Waals surface area (Å²) in [5, 5.41) is 15.0. The second kappa shape index (κ2) is 5.96. The van der Waals surface area contributed by atoms with E-state index in [-0.39, 0.29) is 6.10 Å². The molecule has 0 radical (unpaired) electrons. The number of hydrogen-bond acceptors (Lipinski definition) is 4. The van der Waals surface area contributed by atoms with Crippen LogP contribution in [0.5, 0.6) is 0 Å². The first-order valence-corrected chi connectivity index (χ1v) is 7.17. The van der Waals surface area contributed by atoms with Crippen LogP contribution in [0.3, 0.4) is 0 Å². The maximum absolute atomic E-state index is 9.48. The molecule has 2 rings (SSSR count). The lowest BCUT2D eigenvalue weighted by Crippen LogP contribution is -2.40. The van der Waals surface area contributed by atoms with Gasteiger partial charge in [-0.1, -0.05) is 6.07 Å². The van der Waals surface area contributed by atoms with E-state index in [1.807, 2.05) is 11.3 Å². The Morgan fingerprint density at radius 3 is 3.06 bits per heavy atom. The van der Waals surface area contributed by atoms with Gasteiger partial charge in [-0.05, 0) is 38.3 Å². The number of nitrogens with one attached hydrogen (secondary N) is 1. The van der Waals surface area contributed by atoms with Crippen LogP contribution in [-0.2, 0) is 6.42 Å². The van der Waals surface area contributed by atoms with E-state index < -0.39 is 0 Å². The molecule has 0 aliphatic carbocycles. The molecule has 0 amide bonds. The highest BCUT2D eigenvalue weighted by atomic mass is 32.1. The second-order valence-electron chi connectivity index (χ2n) is 5.07. The first-order valence-electron chi connectivity index (χ1n) is 6.29. The van der Waals surface area contributed by atoms with Gasteiger partial charge in [-0.3, -0.25) is 0 Å². The van der Waals surface area contributed by atoms with Crippen LogP contribution in [0.15, 0.2) is 17.5 Å². The monoisotopic (exact) mass is 254 g/mol. The fraction of sp³-hybridized carbons (Fsp3) is 0.692. The average Bonchev–Trinajstić information content (AvgIpc) is 2.90. The molecule has 0 aromatic carbocycles. The molecule has 1 aliphatic heterocycles. The van der Waals surface area contributed by atoms with Crippen molar-refractivity contribution in [2.75, 3.05) is 20.1 Å². The average molecular weight is 254 g/mol. The van der Waals surface area contributed by atoms with Crippen LogP contribution in [0.4, 0.5) is 0 Å². The van der Waals surface area contributed by atoms with Crippen molar-refractivity contribution < 1.29 is 5.11 Å². The van der Waals surface area contributed by atoms with E-state index in [2.05, 4.69) is 41.7 Å². The van der Waals surface area contributed by atoms with Gasteiger partial charge in [0, 0.05) is 30.1 Å². The molecule has 0 spiro atoms. The molecule has 3 nitrogen and oxygen atoms in total. The topological polar surface area (TPSA) is 35.5 Å². The van der Waals surface area contributed by atoms with Gasteiger partial charge in [-0.15, -0.1) is 11.3 Å². The Morgan fingerprint density at radius 1 is 1.65 bits per heavy atom. The minimum absolute atomic E-state index is 0.152. The normalized spacial score (nSPS) is 26.6. The second-order valence-corrected chi connectivity index (χ2v) is 6.10. The van der Waals surface area contributed by atoms with Gasteiger partial charge in [-0.2, -0.15) is 0 Å². The maximum Gasteiger partial charge on any atom is 0.0680 e. The van der Waals surface area contributed by atoms with Crippen molar-refractivity contribution in [1.82, 2.24) is 10.2 Å². The van der Waals surface area contributed by atoms with Crippen LogP contribution in [0, 0.1) is 0 Å². The third-order valence-electron chi connectivity index (χ3n) is 3.54. The molecule has 1 aliphatic rings. The lowest BCUT2D eigenvalue weighted by atomic mass is 10.1. The number of likely N-dealkylation sites (N-methyl/N-ethyl adjacent to an activating group) is 1. The van der Waals surface area contributed by atoms with Crippen LogP contribution < -0.4 is 5.32 Å². The van der Waals surface area contributed by atoms with Gasteiger partial charge in [0.2, 0.25) is 0 Å². The van der Waals surface area contributed by atoms with E-state index in [0.717, 1.165) is 25.9 Å². The van der Waals surface area contributed by atoms with Gasteiger partial charge in [0.15, 0.2) is 0 Å². The zero-order valence-electron chi connectivity index (χ0n) is 10.6. The van der Waals surface area contributed by atoms with Crippen LogP contribution in [0.1, 0.15) is 18.2 Å². The van der Waals surface area contributed by atoms with Crippen LogP contribution in [0.25, 0.3) is 0 Å². The van der Waals surface area contributed by atoms with Crippen molar-refractivity contribution >= 4 is 11.3 Å². The van der Waals surface area contributed by atoms with Crippen LogP contribution in [-0.4, -0.2) is 48.3 Å². The summed E-state index contributed by atoms with van der Waals surface area (Å²) < 4.78 is 0. The number of β-amino-alcohol motifs (C(OH)–C–C–N with tert-alkyl or cyclic N) is 1. The molecule has 4 heteroatoms. The molecule has 2 N–H and O–H groups in total. The number of nitrogens with zero attached hydrogens (tertiary/aromatic N) is 1. The smallest absolute Gasteiger partial charge is 0.0680 e. The summed E-state index contributed by atoms with van der Waals surface area (Å²) in [6.07, 6.45) is 1.85. The van der Waals surface area contributed by atoms with Crippen LogP contribution in [0.2, 0.25) is 0 Å². The molecule has 1 fully saturated rings. The minimum Gasteiger partial charge on any atom is -0.392 e.